The Balaban J connectivity index is 2.29. The number of ether oxygens (including phenoxy) is 1. The number of rotatable bonds is 6. The predicted octanol–water partition coefficient (Wildman–Crippen LogP) is 4.90. The molecule has 2 rings (SSSR count). The Bertz CT molecular complexity index is 596. The van der Waals surface area contributed by atoms with Gasteiger partial charge in [0.2, 0.25) is 0 Å². The molecule has 112 valence electrons. The highest BCUT2D eigenvalue weighted by Crippen LogP contribution is 2.35. The highest BCUT2D eigenvalue weighted by molar-refractivity contribution is 6.33. The van der Waals surface area contributed by atoms with E-state index < -0.39 is 0 Å². The summed E-state index contributed by atoms with van der Waals surface area (Å²) in [5.74, 6) is 0.870. The molecule has 2 nitrogen and oxygen atoms in total. The summed E-state index contributed by atoms with van der Waals surface area (Å²) in [5.41, 5.74) is 3.23. The summed E-state index contributed by atoms with van der Waals surface area (Å²) >= 11 is 6.47. The van der Waals surface area contributed by atoms with Gasteiger partial charge >= 0.3 is 0 Å². The molecule has 0 atom stereocenters. The third-order valence-corrected chi connectivity index (χ3v) is 3.54. The number of nitrogens with one attached hydrogen (secondary N) is 1. The van der Waals surface area contributed by atoms with Crippen LogP contribution < -0.4 is 10.1 Å². The number of hydrogen-bond donors (Lipinski definition) is 1. The van der Waals surface area contributed by atoms with Crippen LogP contribution in [0.5, 0.6) is 5.75 Å². The van der Waals surface area contributed by atoms with Crippen LogP contribution in [0, 0.1) is 0 Å². The summed E-state index contributed by atoms with van der Waals surface area (Å²) in [6.45, 7) is 7.72. The zero-order chi connectivity index (χ0) is 15.2. The Morgan fingerprint density at radius 1 is 1.10 bits per heavy atom. The maximum atomic E-state index is 6.47. The first-order valence-electron chi connectivity index (χ1n) is 7.35. The van der Waals surface area contributed by atoms with Gasteiger partial charge in [0.15, 0.2) is 0 Å². The van der Waals surface area contributed by atoms with Crippen LogP contribution in [-0.2, 0) is 6.54 Å². The van der Waals surface area contributed by atoms with Crippen LogP contribution in [0.15, 0.2) is 42.5 Å². The van der Waals surface area contributed by atoms with E-state index in [0.717, 1.165) is 28.4 Å². The van der Waals surface area contributed by atoms with E-state index in [2.05, 4.69) is 31.3 Å². The molecule has 0 aromatic heterocycles. The minimum Gasteiger partial charge on any atom is -0.493 e. The molecule has 0 aliphatic carbocycles. The van der Waals surface area contributed by atoms with E-state index in [4.69, 9.17) is 16.3 Å². The van der Waals surface area contributed by atoms with E-state index in [9.17, 15) is 0 Å². The second kappa shape index (κ2) is 7.48. The summed E-state index contributed by atoms with van der Waals surface area (Å²) in [4.78, 5) is 0. The molecule has 3 heteroatoms. The summed E-state index contributed by atoms with van der Waals surface area (Å²) in [6, 6.07) is 14.7. The second-order valence-electron chi connectivity index (χ2n) is 5.28. The summed E-state index contributed by atoms with van der Waals surface area (Å²) in [5, 5.41) is 4.15. The Morgan fingerprint density at radius 3 is 2.52 bits per heavy atom. The lowest BCUT2D eigenvalue weighted by Crippen LogP contribution is -2.21. The first kappa shape index (κ1) is 15.9. The lowest BCUT2D eigenvalue weighted by Gasteiger charge is -2.13. The van der Waals surface area contributed by atoms with Crippen molar-refractivity contribution in [1.29, 1.82) is 0 Å². The number of hydrogen-bond acceptors (Lipinski definition) is 2. The molecule has 0 saturated carbocycles. The van der Waals surface area contributed by atoms with Gasteiger partial charge in [-0.15, -0.1) is 0 Å². The van der Waals surface area contributed by atoms with Crippen LogP contribution in [0.1, 0.15) is 26.3 Å². The summed E-state index contributed by atoms with van der Waals surface area (Å²) in [7, 11) is 0. The molecule has 0 fully saturated rings. The van der Waals surface area contributed by atoms with E-state index in [0.29, 0.717) is 12.6 Å². The fourth-order valence-electron chi connectivity index (χ4n) is 2.18. The Labute approximate surface area is 132 Å². The smallest absolute Gasteiger partial charge is 0.127 e. The molecule has 0 aliphatic rings. The van der Waals surface area contributed by atoms with Gasteiger partial charge in [0.1, 0.15) is 5.75 Å². The van der Waals surface area contributed by atoms with E-state index in [1.165, 1.54) is 5.56 Å². The fraction of sp³-hybridized carbons (Fsp3) is 0.333. The van der Waals surface area contributed by atoms with Crippen LogP contribution in [0.3, 0.4) is 0 Å². The standard InChI is InChI=1S/C18H22ClNO/c1-4-21-18-8-6-5-7-16(18)15-10-9-14(11-17(15)19)12-20-13(2)3/h5-11,13,20H,4,12H2,1-3H3. The van der Waals surface area contributed by atoms with Crippen molar-refractivity contribution in [1.82, 2.24) is 5.32 Å². The fourth-order valence-corrected chi connectivity index (χ4v) is 2.48. The van der Waals surface area contributed by atoms with E-state index in [1.54, 1.807) is 0 Å². The maximum Gasteiger partial charge on any atom is 0.127 e. The molecule has 0 unspecified atom stereocenters. The molecular formula is C18H22ClNO. The van der Waals surface area contributed by atoms with Gasteiger partial charge in [-0.2, -0.15) is 0 Å². The molecule has 0 amide bonds. The zero-order valence-corrected chi connectivity index (χ0v) is 13.6. The highest BCUT2D eigenvalue weighted by Gasteiger charge is 2.10. The molecule has 0 spiro atoms. The van der Waals surface area contributed by atoms with E-state index in [-0.39, 0.29) is 0 Å². The van der Waals surface area contributed by atoms with Crippen molar-refractivity contribution in [3.05, 3.63) is 53.1 Å². The molecule has 2 aromatic rings. The molecular weight excluding hydrogens is 282 g/mol. The van der Waals surface area contributed by atoms with Crippen LogP contribution in [-0.4, -0.2) is 12.6 Å². The molecule has 1 N–H and O–H groups in total. The predicted molar refractivity (Wildman–Crippen MR) is 90.0 cm³/mol. The van der Waals surface area contributed by atoms with E-state index in [1.807, 2.05) is 37.3 Å². The van der Waals surface area contributed by atoms with Crippen molar-refractivity contribution in [2.24, 2.45) is 0 Å². The average Bonchev–Trinajstić information content (AvgIpc) is 2.46. The number of para-hydroxylation sites is 1. The van der Waals surface area contributed by atoms with Crippen molar-refractivity contribution in [2.75, 3.05) is 6.61 Å². The zero-order valence-electron chi connectivity index (χ0n) is 12.8. The van der Waals surface area contributed by atoms with Gasteiger partial charge in [-0.3, -0.25) is 0 Å². The maximum absolute atomic E-state index is 6.47. The molecule has 2 aromatic carbocycles. The third-order valence-electron chi connectivity index (χ3n) is 3.23. The van der Waals surface area contributed by atoms with Gasteiger partial charge in [-0.1, -0.05) is 55.8 Å². The van der Waals surface area contributed by atoms with Gasteiger partial charge in [0, 0.05) is 28.7 Å². The minimum atomic E-state index is 0.460. The number of halogens is 1. The first-order valence-corrected chi connectivity index (χ1v) is 7.73. The SMILES string of the molecule is CCOc1ccccc1-c1ccc(CNC(C)C)cc1Cl. The first-order chi connectivity index (χ1) is 10.1. The quantitative estimate of drug-likeness (QED) is 0.819. The van der Waals surface area contributed by atoms with Crippen molar-refractivity contribution in [3.63, 3.8) is 0 Å². The van der Waals surface area contributed by atoms with Gasteiger partial charge in [0.25, 0.3) is 0 Å². The Kier molecular flexibility index (Phi) is 5.66. The lowest BCUT2D eigenvalue weighted by molar-refractivity contribution is 0.341. The molecule has 0 heterocycles. The molecule has 0 aliphatic heterocycles. The third kappa shape index (κ3) is 4.23. The second-order valence-corrected chi connectivity index (χ2v) is 5.69. The van der Waals surface area contributed by atoms with Crippen molar-refractivity contribution >= 4 is 11.6 Å². The lowest BCUT2D eigenvalue weighted by atomic mass is 10.0. The van der Waals surface area contributed by atoms with E-state index >= 15 is 0 Å². The van der Waals surface area contributed by atoms with Crippen LogP contribution in [0.2, 0.25) is 5.02 Å². The molecule has 0 bridgehead atoms. The van der Waals surface area contributed by atoms with Crippen molar-refractivity contribution < 1.29 is 4.74 Å². The normalized spacial score (nSPS) is 10.9. The minimum absolute atomic E-state index is 0.460. The number of benzene rings is 2. The van der Waals surface area contributed by atoms with Gasteiger partial charge < -0.3 is 10.1 Å². The molecule has 21 heavy (non-hydrogen) atoms. The van der Waals surface area contributed by atoms with Crippen molar-refractivity contribution in [2.45, 2.75) is 33.4 Å². The molecule has 0 radical (unpaired) electrons. The highest BCUT2D eigenvalue weighted by atomic mass is 35.5. The largest absolute Gasteiger partial charge is 0.493 e. The van der Waals surface area contributed by atoms with Gasteiger partial charge in [0.05, 0.1) is 6.61 Å². The molecule has 0 saturated heterocycles. The average molecular weight is 304 g/mol. The van der Waals surface area contributed by atoms with Gasteiger partial charge in [-0.25, -0.2) is 0 Å². The van der Waals surface area contributed by atoms with Crippen LogP contribution in [0.25, 0.3) is 11.1 Å². The Morgan fingerprint density at radius 2 is 1.86 bits per heavy atom. The monoisotopic (exact) mass is 303 g/mol. The van der Waals surface area contributed by atoms with Crippen LogP contribution in [0.4, 0.5) is 0 Å². The van der Waals surface area contributed by atoms with Crippen molar-refractivity contribution in [3.8, 4) is 16.9 Å². The Hall–Kier alpha value is -1.51. The summed E-state index contributed by atoms with van der Waals surface area (Å²) in [6.07, 6.45) is 0. The van der Waals surface area contributed by atoms with Gasteiger partial charge in [-0.05, 0) is 24.6 Å². The summed E-state index contributed by atoms with van der Waals surface area (Å²) < 4.78 is 5.68. The van der Waals surface area contributed by atoms with Crippen LogP contribution >= 0.6 is 11.6 Å². The topological polar surface area (TPSA) is 21.3 Å².